The molecule has 0 aliphatic carbocycles. The summed E-state index contributed by atoms with van der Waals surface area (Å²) < 4.78 is 5.21. The number of carbonyl (C=O) groups excluding carboxylic acids is 1. The Morgan fingerprint density at radius 2 is 1.80 bits per heavy atom. The van der Waals surface area contributed by atoms with Crippen LogP contribution in [0.4, 0.5) is 0 Å². The molecule has 1 rings (SSSR count). The Labute approximate surface area is 146 Å². The Bertz CT molecular complexity index is 377. The van der Waals surface area contributed by atoms with Gasteiger partial charge in [-0.3, -0.25) is 0 Å². The number of aliphatic hydroxyl groups is 1. The van der Waals surface area contributed by atoms with E-state index >= 15 is 0 Å². The summed E-state index contributed by atoms with van der Waals surface area (Å²) in [6.45, 7) is 7.66. The second kappa shape index (κ2) is 11.4. The number of esters is 1. The summed E-state index contributed by atoms with van der Waals surface area (Å²) in [6.07, 6.45) is 0.849. The summed E-state index contributed by atoms with van der Waals surface area (Å²) in [6, 6.07) is 6.82. The molecule has 1 radical (unpaired) electrons. The van der Waals surface area contributed by atoms with Gasteiger partial charge in [0.1, 0.15) is 0 Å². The topological polar surface area (TPSA) is 49.8 Å². The zero-order chi connectivity index (χ0) is 14.1. The minimum atomic E-state index is -0.302. The van der Waals surface area contributed by atoms with Gasteiger partial charge >= 0.3 is 5.97 Å². The number of aliphatic hydroxyl groups excluding tert-OH is 1. The van der Waals surface area contributed by atoms with E-state index in [1.165, 1.54) is 0 Å². The SMILES string of the molecule is CCN(CC)CCCOC(=O)c1ccc(CO)cc1.[Y]. The molecule has 0 saturated heterocycles. The number of nitrogens with zero attached hydrogens (tertiary/aromatic N) is 1. The van der Waals surface area contributed by atoms with Gasteiger partial charge in [0.15, 0.2) is 0 Å². The van der Waals surface area contributed by atoms with E-state index in [1.54, 1.807) is 24.3 Å². The quantitative estimate of drug-likeness (QED) is 0.574. The Balaban J connectivity index is 0.00000361. The van der Waals surface area contributed by atoms with Crippen LogP contribution in [0.2, 0.25) is 0 Å². The molecule has 20 heavy (non-hydrogen) atoms. The van der Waals surface area contributed by atoms with Crippen LogP contribution in [0.1, 0.15) is 36.2 Å². The standard InChI is InChI=1S/C15H23NO3.Y/c1-3-16(4-2)10-5-11-19-15(18)14-8-6-13(12-17)7-9-14;/h6-9,17H,3-5,10-12H2,1-2H3;. The molecule has 0 heterocycles. The van der Waals surface area contributed by atoms with Crippen molar-refractivity contribution in [3.05, 3.63) is 35.4 Å². The molecule has 0 fully saturated rings. The van der Waals surface area contributed by atoms with Crippen LogP contribution in [0.3, 0.4) is 0 Å². The third kappa shape index (κ3) is 6.93. The first-order valence-electron chi connectivity index (χ1n) is 6.80. The van der Waals surface area contributed by atoms with Gasteiger partial charge in [-0.15, -0.1) is 0 Å². The fourth-order valence-corrected chi connectivity index (χ4v) is 1.82. The predicted octanol–water partition coefficient (Wildman–Crippen LogP) is 2.07. The summed E-state index contributed by atoms with van der Waals surface area (Å²) in [4.78, 5) is 14.0. The number of ether oxygens (including phenoxy) is 1. The van der Waals surface area contributed by atoms with E-state index in [0.29, 0.717) is 12.2 Å². The first-order valence-corrected chi connectivity index (χ1v) is 6.80. The fourth-order valence-electron chi connectivity index (χ4n) is 1.82. The maximum Gasteiger partial charge on any atom is 0.338 e. The first-order chi connectivity index (χ1) is 9.21. The van der Waals surface area contributed by atoms with Crippen LogP contribution in [0, 0.1) is 0 Å². The molecule has 1 aromatic rings. The van der Waals surface area contributed by atoms with Crippen LogP contribution in [-0.2, 0) is 44.1 Å². The number of benzene rings is 1. The van der Waals surface area contributed by atoms with Crippen molar-refractivity contribution >= 4 is 5.97 Å². The molecule has 0 amide bonds. The van der Waals surface area contributed by atoms with Gasteiger partial charge in [-0.2, -0.15) is 0 Å². The summed E-state index contributed by atoms with van der Waals surface area (Å²) in [5, 5.41) is 8.92. The van der Waals surface area contributed by atoms with Crippen LogP contribution >= 0.6 is 0 Å². The minimum absolute atomic E-state index is 0. The number of carbonyl (C=O) groups is 1. The normalized spacial score (nSPS) is 10.2. The molecule has 0 bridgehead atoms. The van der Waals surface area contributed by atoms with E-state index in [-0.39, 0.29) is 45.3 Å². The summed E-state index contributed by atoms with van der Waals surface area (Å²) in [5.74, 6) is -0.302. The van der Waals surface area contributed by atoms with Crippen molar-refractivity contribution in [1.82, 2.24) is 4.90 Å². The first kappa shape index (κ1) is 19.7. The van der Waals surface area contributed by atoms with E-state index in [9.17, 15) is 4.79 Å². The zero-order valence-corrected chi connectivity index (χ0v) is 15.2. The predicted molar refractivity (Wildman–Crippen MR) is 75.1 cm³/mol. The molecule has 109 valence electrons. The van der Waals surface area contributed by atoms with E-state index in [1.807, 2.05) is 0 Å². The summed E-state index contributed by atoms with van der Waals surface area (Å²) in [5.41, 5.74) is 1.32. The average molecular weight is 354 g/mol. The molecule has 1 aromatic carbocycles. The summed E-state index contributed by atoms with van der Waals surface area (Å²) >= 11 is 0. The van der Waals surface area contributed by atoms with Crippen LogP contribution < -0.4 is 0 Å². The molecule has 0 aliphatic heterocycles. The molecule has 0 atom stereocenters. The smallest absolute Gasteiger partial charge is 0.338 e. The van der Waals surface area contributed by atoms with Gasteiger partial charge in [0.05, 0.1) is 18.8 Å². The molecule has 0 aliphatic rings. The van der Waals surface area contributed by atoms with Crippen molar-refractivity contribution in [3.63, 3.8) is 0 Å². The van der Waals surface area contributed by atoms with Gasteiger partial charge in [0, 0.05) is 39.3 Å². The van der Waals surface area contributed by atoms with E-state index in [4.69, 9.17) is 9.84 Å². The van der Waals surface area contributed by atoms with Crippen LogP contribution in [0.25, 0.3) is 0 Å². The number of hydrogen-bond donors (Lipinski definition) is 1. The molecular weight excluding hydrogens is 331 g/mol. The van der Waals surface area contributed by atoms with Gasteiger partial charge in [-0.1, -0.05) is 26.0 Å². The second-order valence-electron chi connectivity index (χ2n) is 4.37. The molecular formula is C15H23NO3Y. The summed E-state index contributed by atoms with van der Waals surface area (Å²) in [7, 11) is 0. The van der Waals surface area contributed by atoms with Crippen molar-refractivity contribution < 1.29 is 47.3 Å². The van der Waals surface area contributed by atoms with Gasteiger partial charge in [0.2, 0.25) is 0 Å². The Hall–Kier alpha value is -0.286. The van der Waals surface area contributed by atoms with Crippen molar-refractivity contribution in [3.8, 4) is 0 Å². The van der Waals surface area contributed by atoms with Crippen LogP contribution in [0.15, 0.2) is 24.3 Å². The molecule has 5 heteroatoms. The zero-order valence-electron chi connectivity index (χ0n) is 12.3. The van der Waals surface area contributed by atoms with Gasteiger partial charge in [-0.05, 0) is 37.2 Å². The van der Waals surface area contributed by atoms with Crippen molar-refractivity contribution in [2.45, 2.75) is 26.9 Å². The molecule has 0 spiro atoms. The van der Waals surface area contributed by atoms with Gasteiger partial charge in [0.25, 0.3) is 0 Å². The van der Waals surface area contributed by atoms with Crippen molar-refractivity contribution in [1.29, 1.82) is 0 Å². The Morgan fingerprint density at radius 3 is 2.30 bits per heavy atom. The fraction of sp³-hybridized carbons (Fsp3) is 0.533. The monoisotopic (exact) mass is 354 g/mol. The van der Waals surface area contributed by atoms with E-state index in [2.05, 4.69) is 18.7 Å². The van der Waals surface area contributed by atoms with Crippen LogP contribution in [0.5, 0.6) is 0 Å². The van der Waals surface area contributed by atoms with Gasteiger partial charge < -0.3 is 14.7 Å². The van der Waals surface area contributed by atoms with Crippen molar-refractivity contribution in [2.24, 2.45) is 0 Å². The Kier molecular flexibility index (Phi) is 11.2. The molecule has 4 nitrogen and oxygen atoms in total. The minimum Gasteiger partial charge on any atom is -0.462 e. The third-order valence-electron chi connectivity index (χ3n) is 3.12. The number of rotatable bonds is 8. The molecule has 0 saturated carbocycles. The average Bonchev–Trinajstić information content (AvgIpc) is 2.47. The third-order valence-corrected chi connectivity index (χ3v) is 3.12. The second-order valence-corrected chi connectivity index (χ2v) is 4.37. The largest absolute Gasteiger partial charge is 0.462 e. The van der Waals surface area contributed by atoms with E-state index in [0.717, 1.165) is 31.6 Å². The molecule has 0 aromatic heterocycles. The Morgan fingerprint density at radius 1 is 1.20 bits per heavy atom. The molecule has 1 N–H and O–H groups in total. The molecule has 0 unspecified atom stereocenters. The maximum atomic E-state index is 11.7. The van der Waals surface area contributed by atoms with E-state index < -0.39 is 0 Å². The van der Waals surface area contributed by atoms with Crippen molar-refractivity contribution in [2.75, 3.05) is 26.2 Å². The number of hydrogen-bond acceptors (Lipinski definition) is 4. The maximum absolute atomic E-state index is 11.7. The van der Waals surface area contributed by atoms with Crippen LogP contribution in [-0.4, -0.2) is 42.2 Å². The van der Waals surface area contributed by atoms with Gasteiger partial charge in [-0.25, -0.2) is 4.79 Å².